The maximum absolute atomic E-state index is 12.6. The Morgan fingerprint density at radius 3 is 2.31 bits per heavy atom. The molecule has 160 valence electrons. The maximum atomic E-state index is 12.6. The van der Waals surface area contributed by atoms with Gasteiger partial charge in [0.2, 0.25) is 10.0 Å². The van der Waals surface area contributed by atoms with Gasteiger partial charge >= 0.3 is 12.1 Å². The van der Waals surface area contributed by atoms with Crippen LogP contribution in [0.25, 0.3) is 0 Å². The second-order valence-electron chi connectivity index (χ2n) is 7.48. The topological polar surface area (TPSA) is 145 Å². The lowest BCUT2D eigenvalue weighted by Gasteiger charge is -2.27. The Bertz CT molecular complexity index is 892. The highest BCUT2D eigenvalue weighted by Crippen LogP contribution is 2.24. The molecule has 2 rings (SSSR count). The lowest BCUT2D eigenvalue weighted by atomic mass is 10.2. The van der Waals surface area contributed by atoms with Crippen molar-refractivity contribution in [3.05, 3.63) is 34.4 Å². The van der Waals surface area contributed by atoms with Crippen LogP contribution in [-0.2, 0) is 24.3 Å². The molecule has 0 saturated carbocycles. The van der Waals surface area contributed by atoms with Crippen LogP contribution in [0.1, 0.15) is 27.2 Å². The smallest absolute Gasteiger partial charge is 0.411 e. The van der Waals surface area contributed by atoms with Gasteiger partial charge in [0, 0.05) is 24.7 Å². The maximum Gasteiger partial charge on any atom is 0.411 e. The Labute approximate surface area is 168 Å². The first kappa shape index (κ1) is 22.6. The van der Waals surface area contributed by atoms with Crippen LogP contribution in [0, 0.1) is 10.1 Å². The van der Waals surface area contributed by atoms with E-state index in [1.165, 1.54) is 7.11 Å². The lowest BCUT2D eigenvalue weighted by Crippen LogP contribution is -2.44. The summed E-state index contributed by atoms with van der Waals surface area (Å²) < 4.78 is 37.6. The van der Waals surface area contributed by atoms with Crippen molar-refractivity contribution in [1.29, 1.82) is 0 Å². The number of hydrogen-bond acceptors (Lipinski definition) is 8. The normalized spacial score (nSPS) is 19.7. The Balaban J connectivity index is 2.18. The number of nitro benzene ring substituents is 1. The number of hydrogen-bond donors (Lipinski definition) is 1. The van der Waals surface area contributed by atoms with Gasteiger partial charge in [0.1, 0.15) is 11.6 Å². The number of ether oxygens (including phenoxy) is 2. The van der Waals surface area contributed by atoms with Crippen LogP contribution in [0.2, 0.25) is 0 Å². The molecule has 29 heavy (non-hydrogen) atoms. The van der Waals surface area contributed by atoms with E-state index in [1.54, 1.807) is 20.8 Å². The number of likely N-dealkylation sites (tertiary alicyclic amines) is 1. The fourth-order valence-electron chi connectivity index (χ4n) is 2.84. The zero-order valence-corrected chi connectivity index (χ0v) is 17.3. The van der Waals surface area contributed by atoms with E-state index >= 15 is 0 Å². The molecule has 0 radical (unpaired) electrons. The third-order valence-corrected chi connectivity index (χ3v) is 5.62. The minimum absolute atomic E-state index is 0.00186. The molecule has 1 aliphatic rings. The van der Waals surface area contributed by atoms with E-state index in [9.17, 15) is 28.1 Å². The van der Waals surface area contributed by atoms with Crippen molar-refractivity contribution >= 4 is 27.8 Å². The zero-order valence-electron chi connectivity index (χ0n) is 16.4. The van der Waals surface area contributed by atoms with Crippen LogP contribution in [0.4, 0.5) is 10.5 Å². The fraction of sp³-hybridized carbons (Fsp3) is 0.529. The highest BCUT2D eigenvalue weighted by atomic mass is 32.2. The van der Waals surface area contributed by atoms with E-state index in [0.717, 1.165) is 29.2 Å². The van der Waals surface area contributed by atoms with Gasteiger partial charge < -0.3 is 9.47 Å². The van der Waals surface area contributed by atoms with Gasteiger partial charge in [0.15, 0.2) is 0 Å². The summed E-state index contributed by atoms with van der Waals surface area (Å²) >= 11 is 0. The minimum Gasteiger partial charge on any atom is -0.467 e. The summed E-state index contributed by atoms with van der Waals surface area (Å²) in [6.45, 7) is 4.91. The molecular formula is C17H23N3O8S. The van der Waals surface area contributed by atoms with E-state index in [-0.39, 0.29) is 23.5 Å². The molecule has 0 aromatic heterocycles. The SMILES string of the molecule is COC(=O)[C@@H]1C[C@@H](NS(=O)(=O)c2ccc([N+](=O)[O-])cc2)CN1C(=O)OC(C)(C)C. The van der Waals surface area contributed by atoms with Gasteiger partial charge in [-0.15, -0.1) is 0 Å². The first-order valence-electron chi connectivity index (χ1n) is 8.68. The summed E-state index contributed by atoms with van der Waals surface area (Å²) in [6.07, 6.45) is -0.761. The standard InChI is InChI=1S/C17H23N3O8S/c1-17(2,3)28-16(22)19-10-11(9-14(19)15(21)27-4)18-29(25,26)13-7-5-12(6-8-13)20(23)24/h5-8,11,14,18H,9-10H2,1-4H3/t11-,14+/m1/s1. The van der Waals surface area contributed by atoms with Crippen molar-refractivity contribution in [2.24, 2.45) is 0 Å². The van der Waals surface area contributed by atoms with Crippen molar-refractivity contribution in [3.8, 4) is 0 Å². The van der Waals surface area contributed by atoms with Gasteiger partial charge in [-0.1, -0.05) is 0 Å². The molecule has 0 bridgehead atoms. The molecule has 1 aromatic carbocycles. The first-order chi connectivity index (χ1) is 13.3. The molecule has 0 aliphatic carbocycles. The third-order valence-electron chi connectivity index (χ3n) is 4.08. The molecule has 0 spiro atoms. The predicted octanol–water partition coefficient (Wildman–Crippen LogP) is 1.42. The highest BCUT2D eigenvalue weighted by Gasteiger charge is 2.43. The summed E-state index contributed by atoms with van der Waals surface area (Å²) in [5.41, 5.74) is -1.04. The molecule has 1 amide bonds. The largest absolute Gasteiger partial charge is 0.467 e. The van der Waals surface area contributed by atoms with Crippen LogP contribution in [0.3, 0.4) is 0 Å². The third kappa shape index (κ3) is 5.64. The number of nitrogens with zero attached hydrogens (tertiary/aromatic N) is 2. The lowest BCUT2D eigenvalue weighted by molar-refractivity contribution is -0.384. The summed E-state index contributed by atoms with van der Waals surface area (Å²) in [4.78, 5) is 35.5. The first-order valence-corrected chi connectivity index (χ1v) is 10.2. The number of carbonyl (C=O) groups excluding carboxylic acids is 2. The summed E-state index contributed by atoms with van der Waals surface area (Å²) in [7, 11) is -2.86. The Hall–Kier alpha value is -2.73. The Morgan fingerprint density at radius 2 is 1.83 bits per heavy atom. The molecule has 1 heterocycles. The number of benzene rings is 1. The number of nitrogens with one attached hydrogen (secondary N) is 1. The molecule has 1 saturated heterocycles. The van der Waals surface area contributed by atoms with Gasteiger partial charge in [0.25, 0.3) is 5.69 Å². The molecule has 1 fully saturated rings. The highest BCUT2D eigenvalue weighted by molar-refractivity contribution is 7.89. The number of nitro groups is 1. The summed E-state index contributed by atoms with van der Waals surface area (Å²) in [5.74, 6) is -0.687. The van der Waals surface area contributed by atoms with Gasteiger partial charge in [-0.3, -0.25) is 15.0 Å². The van der Waals surface area contributed by atoms with Crippen LogP contribution < -0.4 is 4.72 Å². The summed E-state index contributed by atoms with van der Waals surface area (Å²) in [6, 6.07) is 2.60. The molecular weight excluding hydrogens is 406 g/mol. The molecule has 2 atom stereocenters. The van der Waals surface area contributed by atoms with E-state index in [0.29, 0.717) is 0 Å². The average Bonchev–Trinajstić information content (AvgIpc) is 3.03. The van der Waals surface area contributed by atoms with Gasteiger partial charge in [0.05, 0.1) is 16.9 Å². The predicted molar refractivity (Wildman–Crippen MR) is 101 cm³/mol. The quantitative estimate of drug-likeness (QED) is 0.420. The van der Waals surface area contributed by atoms with E-state index in [2.05, 4.69) is 4.72 Å². The number of methoxy groups -OCH3 is 1. The van der Waals surface area contributed by atoms with Crippen molar-refractivity contribution in [2.75, 3.05) is 13.7 Å². The van der Waals surface area contributed by atoms with Crippen molar-refractivity contribution in [2.45, 2.75) is 49.8 Å². The van der Waals surface area contributed by atoms with Crippen LogP contribution >= 0.6 is 0 Å². The van der Waals surface area contributed by atoms with Crippen LogP contribution in [0.5, 0.6) is 0 Å². The number of carbonyl (C=O) groups is 2. The average molecular weight is 429 g/mol. The molecule has 1 aromatic rings. The molecule has 1 aliphatic heterocycles. The number of rotatable bonds is 5. The Morgan fingerprint density at radius 1 is 1.24 bits per heavy atom. The van der Waals surface area contributed by atoms with Gasteiger partial charge in [-0.2, -0.15) is 0 Å². The fourth-order valence-corrected chi connectivity index (χ4v) is 4.08. The van der Waals surface area contributed by atoms with Gasteiger partial charge in [-0.05, 0) is 39.3 Å². The number of non-ortho nitro benzene ring substituents is 1. The molecule has 12 heteroatoms. The second-order valence-corrected chi connectivity index (χ2v) is 9.19. The number of esters is 1. The Kier molecular flexibility index (Phi) is 6.48. The number of sulfonamides is 1. The van der Waals surface area contributed by atoms with Gasteiger partial charge in [-0.25, -0.2) is 22.7 Å². The molecule has 11 nitrogen and oxygen atoms in total. The molecule has 1 N–H and O–H groups in total. The van der Waals surface area contributed by atoms with Crippen molar-refractivity contribution in [3.63, 3.8) is 0 Å². The van der Waals surface area contributed by atoms with E-state index in [1.807, 2.05) is 0 Å². The zero-order chi connectivity index (χ0) is 22.0. The van der Waals surface area contributed by atoms with Crippen molar-refractivity contribution < 1.29 is 32.4 Å². The molecule has 0 unspecified atom stereocenters. The van der Waals surface area contributed by atoms with Crippen LogP contribution in [-0.4, -0.2) is 61.6 Å². The van der Waals surface area contributed by atoms with E-state index in [4.69, 9.17) is 9.47 Å². The van der Waals surface area contributed by atoms with Crippen molar-refractivity contribution in [1.82, 2.24) is 9.62 Å². The number of amides is 1. The summed E-state index contributed by atoms with van der Waals surface area (Å²) in [5, 5.41) is 10.7. The van der Waals surface area contributed by atoms with E-state index < -0.39 is 44.7 Å². The minimum atomic E-state index is -4.03. The van der Waals surface area contributed by atoms with Crippen LogP contribution in [0.15, 0.2) is 29.2 Å². The second kappa shape index (κ2) is 8.33. The monoisotopic (exact) mass is 429 g/mol.